The summed E-state index contributed by atoms with van der Waals surface area (Å²) in [4.78, 5) is 14.4. The second kappa shape index (κ2) is 5.61. The lowest BCUT2D eigenvalue weighted by Gasteiger charge is -2.35. The van der Waals surface area contributed by atoms with Crippen molar-refractivity contribution in [1.82, 2.24) is 25.1 Å². The molecule has 3 rings (SSSR count). The highest BCUT2D eigenvalue weighted by molar-refractivity contribution is 5.94. The maximum absolute atomic E-state index is 12.5. The van der Waals surface area contributed by atoms with Crippen LogP contribution in [0.1, 0.15) is 23.7 Å². The Bertz CT molecular complexity index is 609. The Morgan fingerprint density at radius 3 is 2.71 bits per heavy atom. The van der Waals surface area contributed by atoms with E-state index in [0.29, 0.717) is 11.5 Å². The Morgan fingerprint density at radius 2 is 2.10 bits per heavy atom. The summed E-state index contributed by atoms with van der Waals surface area (Å²) in [5.41, 5.74) is 7.49. The third kappa shape index (κ3) is 2.78. The van der Waals surface area contributed by atoms with Gasteiger partial charge in [-0.1, -0.05) is 6.92 Å². The van der Waals surface area contributed by atoms with E-state index in [1.165, 1.54) is 6.33 Å². The van der Waals surface area contributed by atoms with Crippen molar-refractivity contribution in [2.45, 2.75) is 19.4 Å². The zero-order valence-corrected chi connectivity index (χ0v) is 11.9. The summed E-state index contributed by atoms with van der Waals surface area (Å²) in [5, 5.41) is 11.0. The molecular formula is C14H18N6O. The van der Waals surface area contributed by atoms with Gasteiger partial charge in [-0.05, 0) is 47.0 Å². The number of amides is 1. The highest BCUT2D eigenvalue weighted by Gasteiger charge is 2.26. The Kier molecular flexibility index (Phi) is 3.66. The van der Waals surface area contributed by atoms with Crippen LogP contribution in [0.2, 0.25) is 0 Å². The van der Waals surface area contributed by atoms with Crippen LogP contribution < -0.4 is 5.73 Å². The maximum Gasteiger partial charge on any atom is 0.253 e. The van der Waals surface area contributed by atoms with E-state index in [1.54, 1.807) is 16.8 Å². The number of rotatable bonds is 2. The topological polar surface area (TPSA) is 89.9 Å². The van der Waals surface area contributed by atoms with E-state index >= 15 is 0 Å². The van der Waals surface area contributed by atoms with E-state index in [-0.39, 0.29) is 11.9 Å². The highest BCUT2D eigenvalue weighted by atomic mass is 16.2. The van der Waals surface area contributed by atoms with Gasteiger partial charge < -0.3 is 10.6 Å². The fourth-order valence-corrected chi connectivity index (χ4v) is 2.57. The Balaban J connectivity index is 1.73. The molecule has 1 saturated heterocycles. The van der Waals surface area contributed by atoms with Crippen LogP contribution >= 0.6 is 0 Å². The van der Waals surface area contributed by atoms with E-state index in [4.69, 9.17) is 5.73 Å². The lowest BCUT2D eigenvalue weighted by atomic mass is 9.94. The number of carbonyl (C=O) groups is 1. The first-order chi connectivity index (χ1) is 10.1. The van der Waals surface area contributed by atoms with Gasteiger partial charge in [0.1, 0.15) is 6.33 Å². The number of nitrogens with two attached hydrogens (primary N) is 1. The fourth-order valence-electron chi connectivity index (χ4n) is 2.57. The molecule has 2 unspecified atom stereocenters. The summed E-state index contributed by atoms with van der Waals surface area (Å²) in [6.45, 7) is 3.53. The van der Waals surface area contributed by atoms with Crippen molar-refractivity contribution in [3.05, 3.63) is 36.2 Å². The summed E-state index contributed by atoms with van der Waals surface area (Å²) in [7, 11) is 0. The largest absolute Gasteiger partial charge is 0.338 e. The molecule has 0 spiro atoms. The van der Waals surface area contributed by atoms with Crippen molar-refractivity contribution in [2.24, 2.45) is 11.7 Å². The zero-order chi connectivity index (χ0) is 14.8. The predicted octanol–water partition coefficient (Wildman–Crippen LogP) is 0.472. The predicted molar refractivity (Wildman–Crippen MR) is 76.8 cm³/mol. The monoisotopic (exact) mass is 286 g/mol. The Hall–Kier alpha value is -2.28. The molecule has 0 bridgehead atoms. The molecule has 0 radical (unpaired) electrons. The molecule has 1 fully saturated rings. The molecule has 1 aliphatic heterocycles. The number of hydrogen-bond donors (Lipinski definition) is 1. The highest BCUT2D eigenvalue weighted by Crippen LogP contribution is 2.18. The second-order valence-electron chi connectivity index (χ2n) is 5.48. The number of benzene rings is 1. The molecule has 1 aliphatic rings. The Labute approximate surface area is 122 Å². The van der Waals surface area contributed by atoms with Gasteiger partial charge in [0.2, 0.25) is 0 Å². The molecule has 1 amide bonds. The summed E-state index contributed by atoms with van der Waals surface area (Å²) in [5.74, 6) is 0.389. The lowest BCUT2D eigenvalue weighted by Crippen LogP contribution is -2.48. The first-order valence-electron chi connectivity index (χ1n) is 7.03. The first kappa shape index (κ1) is 13.7. The number of piperidine rings is 1. The molecule has 1 aromatic carbocycles. The van der Waals surface area contributed by atoms with Crippen molar-refractivity contribution < 1.29 is 4.79 Å². The van der Waals surface area contributed by atoms with E-state index in [9.17, 15) is 4.79 Å². The SMILES string of the molecule is CC1CN(C(=O)c2ccc(-n3cnnn3)cc2)CCC1N. The minimum Gasteiger partial charge on any atom is -0.338 e. The number of aromatic nitrogens is 4. The number of nitrogens with zero attached hydrogens (tertiary/aromatic N) is 5. The molecule has 110 valence electrons. The minimum absolute atomic E-state index is 0.0528. The van der Waals surface area contributed by atoms with E-state index < -0.39 is 0 Å². The van der Waals surface area contributed by atoms with Gasteiger partial charge in [0.05, 0.1) is 5.69 Å². The van der Waals surface area contributed by atoms with Crippen LogP contribution in [0.3, 0.4) is 0 Å². The molecule has 2 heterocycles. The minimum atomic E-state index is 0.0528. The molecule has 0 aliphatic carbocycles. The molecule has 21 heavy (non-hydrogen) atoms. The van der Waals surface area contributed by atoms with Crippen molar-refractivity contribution in [2.75, 3.05) is 13.1 Å². The summed E-state index contributed by atoms with van der Waals surface area (Å²) in [6, 6.07) is 7.47. The van der Waals surface area contributed by atoms with Crippen LogP contribution in [0.5, 0.6) is 0 Å². The van der Waals surface area contributed by atoms with Gasteiger partial charge in [-0.15, -0.1) is 5.10 Å². The number of tetrazole rings is 1. The average molecular weight is 286 g/mol. The van der Waals surface area contributed by atoms with E-state index in [1.807, 2.05) is 17.0 Å². The lowest BCUT2D eigenvalue weighted by molar-refractivity contribution is 0.0664. The molecular weight excluding hydrogens is 268 g/mol. The van der Waals surface area contributed by atoms with E-state index in [0.717, 1.165) is 25.2 Å². The van der Waals surface area contributed by atoms with Crippen LogP contribution in [0.4, 0.5) is 0 Å². The molecule has 2 N–H and O–H groups in total. The maximum atomic E-state index is 12.5. The standard InChI is InChI=1S/C14H18N6O/c1-10-8-19(7-6-13(10)15)14(21)11-2-4-12(5-3-11)20-9-16-17-18-20/h2-5,9-10,13H,6-8,15H2,1H3. The zero-order valence-electron chi connectivity index (χ0n) is 11.9. The van der Waals surface area contributed by atoms with Crippen molar-refractivity contribution >= 4 is 5.91 Å². The van der Waals surface area contributed by atoms with Crippen LogP contribution in [0.15, 0.2) is 30.6 Å². The number of carbonyl (C=O) groups excluding carboxylic acids is 1. The third-order valence-electron chi connectivity index (χ3n) is 3.99. The van der Waals surface area contributed by atoms with Crippen LogP contribution in [0, 0.1) is 5.92 Å². The van der Waals surface area contributed by atoms with Gasteiger partial charge in [0, 0.05) is 24.7 Å². The molecule has 7 heteroatoms. The Morgan fingerprint density at radius 1 is 1.33 bits per heavy atom. The normalized spacial score (nSPS) is 22.3. The van der Waals surface area contributed by atoms with Crippen LogP contribution in [-0.4, -0.2) is 50.1 Å². The van der Waals surface area contributed by atoms with Gasteiger partial charge in [0.25, 0.3) is 5.91 Å². The van der Waals surface area contributed by atoms with Gasteiger partial charge in [-0.2, -0.15) is 0 Å². The number of hydrogen-bond acceptors (Lipinski definition) is 5. The number of likely N-dealkylation sites (tertiary alicyclic amines) is 1. The first-order valence-corrected chi connectivity index (χ1v) is 7.03. The average Bonchev–Trinajstić information content (AvgIpc) is 3.04. The summed E-state index contributed by atoms with van der Waals surface area (Å²) in [6.07, 6.45) is 2.38. The molecule has 7 nitrogen and oxygen atoms in total. The second-order valence-corrected chi connectivity index (χ2v) is 5.48. The molecule has 2 aromatic rings. The van der Waals surface area contributed by atoms with Crippen molar-refractivity contribution in [3.8, 4) is 5.69 Å². The summed E-state index contributed by atoms with van der Waals surface area (Å²) >= 11 is 0. The fraction of sp³-hybridized carbons (Fsp3) is 0.429. The van der Waals surface area contributed by atoms with Gasteiger partial charge >= 0.3 is 0 Å². The van der Waals surface area contributed by atoms with Gasteiger partial charge in [-0.3, -0.25) is 4.79 Å². The molecule has 1 aromatic heterocycles. The third-order valence-corrected chi connectivity index (χ3v) is 3.99. The smallest absolute Gasteiger partial charge is 0.253 e. The van der Waals surface area contributed by atoms with E-state index in [2.05, 4.69) is 22.4 Å². The molecule has 0 saturated carbocycles. The quantitative estimate of drug-likeness (QED) is 0.866. The van der Waals surface area contributed by atoms with Crippen molar-refractivity contribution in [3.63, 3.8) is 0 Å². The summed E-state index contributed by atoms with van der Waals surface area (Å²) < 4.78 is 1.55. The van der Waals surface area contributed by atoms with Gasteiger partial charge in [0.15, 0.2) is 0 Å². The van der Waals surface area contributed by atoms with Crippen molar-refractivity contribution in [1.29, 1.82) is 0 Å². The molecule has 2 atom stereocenters. The van der Waals surface area contributed by atoms with Gasteiger partial charge in [-0.25, -0.2) is 4.68 Å². The van der Waals surface area contributed by atoms with Crippen LogP contribution in [-0.2, 0) is 0 Å². The van der Waals surface area contributed by atoms with Crippen LogP contribution in [0.25, 0.3) is 5.69 Å².